The van der Waals surface area contributed by atoms with E-state index in [0.29, 0.717) is 22.3 Å². The average molecular weight is 296 g/mol. The maximum atomic E-state index is 6.09. The van der Waals surface area contributed by atoms with Crippen LogP contribution < -0.4 is 10.1 Å². The van der Waals surface area contributed by atoms with E-state index < -0.39 is 0 Å². The minimum absolute atomic E-state index is 0.523. The molecule has 0 amide bonds. The quantitative estimate of drug-likeness (QED) is 0.888. The molecule has 0 fully saturated rings. The zero-order valence-electron chi connectivity index (χ0n) is 10.6. The highest BCUT2D eigenvalue weighted by molar-refractivity contribution is 6.37. The van der Waals surface area contributed by atoms with Crippen LogP contribution in [0.5, 0.6) is 5.75 Å². The SMILES string of the molecule is COc1c(Cl)cc(CNCc2ccccc2)cc1Cl. The molecule has 2 aromatic rings. The second-order valence-corrected chi connectivity index (χ2v) is 5.00. The molecule has 4 heteroatoms. The molecule has 0 aliphatic carbocycles. The van der Waals surface area contributed by atoms with Crippen LogP contribution in [0.3, 0.4) is 0 Å². The highest BCUT2D eigenvalue weighted by Gasteiger charge is 2.08. The summed E-state index contributed by atoms with van der Waals surface area (Å²) >= 11 is 12.2. The highest BCUT2D eigenvalue weighted by atomic mass is 35.5. The van der Waals surface area contributed by atoms with Crippen molar-refractivity contribution in [1.82, 2.24) is 5.32 Å². The predicted molar refractivity (Wildman–Crippen MR) is 80.0 cm³/mol. The van der Waals surface area contributed by atoms with Crippen LogP contribution in [-0.4, -0.2) is 7.11 Å². The second-order valence-electron chi connectivity index (χ2n) is 4.18. The number of hydrogen-bond acceptors (Lipinski definition) is 2. The Balaban J connectivity index is 1.97. The Kier molecular flexibility index (Phi) is 5.08. The summed E-state index contributed by atoms with van der Waals surface area (Å²) in [6, 6.07) is 14.0. The van der Waals surface area contributed by atoms with E-state index in [9.17, 15) is 0 Å². The molecule has 2 nitrogen and oxygen atoms in total. The fourth-order valence-corrected chi connectivity index (χ4v) is 2.54. The Bertz CT molecular complexity index is 520. The van der Waals surface area contributed by atoms with Gasteiger partial charge in [0.1, 0.15) is 0 Å². The summed E-state index contributed by atoms with van der Waals surface area (Å²) in [6.07, 6.45) is 0. The van der Waals surface area contributed by atoms with E-state index >= 15 is 0 Å². The number of rotatable bonds is 5. The van der Waals surface area contributed by atoms with Gasteiger partial charge in [-0.05, 0) is 23.3 Å². The Morgan fingerprint density at radius 3 is 2.11 bits per heavy atom. The summed E-state index contributed by atoms with van der Waals surface area (Å²) in [5, 5.41) is 4.42. The second kappa shape index (κ2) is 6.80. The number of hydrogen-bond donors (Lipinski definition) is 1. The molecule has 0 bridgehead atoms. The molecule has 0 saturated heterocycles. The van der Waals surface area contributed by atoms with Crippen LogP contribution in [-0.2, 0) is 13.1 Å². The summed E-state index contributed by atoms with van der Waals surface area (Å²) < 4.78 is 5.12. The first-order valence-electron chi connectivity index (χ1n) is 5.97. The first kappa shape index (κ1) is 14.2. The van der Waals surface area contributed by atoms with Gasteiger partial charge < -0.3 is 10.1 Å². The van der Waals surface area contributed by atoms with Crippen molar-refractivity contribution in [2.75, 3.05) is 7.11 Å². The molecule has 0 aliphatic heterocycles. The maximum absolute atomic E-state index is 6.09. The molecule has 0 spiro atoms. The fraction of sp³-hybridized carbons (Fsp3) is 0.200. The highest BCUT2D eigenvalue weighted by Crippen LogP contribution is 2.33. The maximum Gasteiger partial charge on any atom is 0.156 e. The van der Waals surface area contributed by atoms with Crippen LogP contribution in [0.25, 0.3) is 0 Å². The van der Waals surface area contributed by atoms with Crippen molar-refractivity contribution >= 4 is 23.2 Å². The lowest BCUT2D eigenvalue weighted by atomic mass is 10.2. The molecule has 0 saturated carbocycles. The molecule has 0 atom stereocenters. The Hall–Kier alpha value is -1.22. The molecule has 19 heavy (non-hydrogen) atoms. The first-order chi connectivity index (χ1) is 9.20. The minimum Gasteiger partial charge on any atom is -0.494 e. The van der Waals surface area contributed by atoms with E-state index in [2.05, 4.69) is 17.4 Å². The number of methoxy groups -OCH3 is 1. The number of halogens is 2. The van der Waals surface area contributed by atoms with Crippen molar-refractivity contribution in [3.8, 4) is 5.75 Å². The van der Waals surface area contributed by atoms with Crippen molar-refractivity contribution in [2.45, 2.75) is 13.1 Å². The van der Waals surface area contributed by atoms with Gasteiger partial charge in [0.2, 0.25) is 0 Å². The van der Waals surface area contributed by atoms with E-state index in [4.69, 9.17) is 27.9 Å². The zero-order valence-corrected chi connectivity index (χ0v) is 12.1. The summed E-state index contributed by atoms with van der Waals surface area (Å²) in [5.41, 5.74) is 2.28. The average Bonchev–Trinajstić information content (AvgIpc) is 2.40. The van der Waals surface area contributed by atoms with Crippen molar-refractivity contribution in [3.05, 3.63) is 63.6 Å². The number of ether oxygens (including phenoxy) is 1. The Morgan fingerprint density at radius 1 is 0.947 bits per heavy atom. The Labute approximate surface area is 123 Å². The number of nitrogens with one attached hydrogen (secondary N) is 1. The van der Waals surface area contributed by atoms with Crippen LogP contribution in [0.1, 0.15) is 11.1 Å². The van der Waals surface area contributed by atoms with E-state index in [-0.39, 0.29) is 0 Å². The molecule has 2 aromatic carbocycles. The van der Waals surface area contributed by atoms with Crippen LogP contribution in [0.2, 0.25) is 10.0 Å². The van der Waals surface area contributed by atoms with Gasteiger partial charge in [-0.3, -0.25) is 0 Å². The molecule has 1 N–H and O–H groups in total. The van der Waals surface area contributed by atoms with Crippen LogP contribution in [0.4, 0.5) is 0 Å². The third kappa shape index (κ3) is 3.87. The van der Waals surface area contributed by atoms with Gasteiger partial charge >= 0.3 is 0 Å². The van der Waals surface area contributed by atoms with Gasteiger partial charge in [-0.25, -0.2) is 0 Å². The molecule has 0 heterocycles. The van der Waals surface area contributed by atoms with Gasteiger partial charge in [0, 0.05) is 13.1 Å². The largest absolute Gasteiger partial charge is 0.494 e. The monoisotopic (exact) mass is 295 g/mol. The molecular weight excluding hydrogens is 281 g/mol. The summed E-state index contributed by atoms with van der Waals surface area (Å²) in [6.45, 7) is 1.51. The van der Waals surface area contributed by atoms with Crippen LogP contribution in [0, 0.1) is 0 Å². The molecular formula is C15H15Cl2NO. The van der Waals surface area contributed by atoms with Gasteiger partial charge in [0.05, 0.1) is 17.2 Å². The van der Waals surface area contributed by atoms with Gasteiger partial charge in [-0.15, -0.1) is 0 Å². The molecule has 0 aliphatic rings. The van der Waals surface area contributed by atoms with Gasteiger partial charge in [0.15, 0.2) is 5.75 Å². The standard InChI is InChI=1S/C15H15Cl2NO/c1-19-15-13(16)7-12(8-14(15)17)10-18-9-11-5-3-2-4-6-11/h2-8,18H,9-10H2,1H3. The van der Waals surface area contributed by atoms with E-state index in [1.165, 1.54) is 5.56 Å². The lowest BCUT2D eigenvalue weighted by Crippen LogP contribution is -2.12. The van der Waals surface area contributed by atoms with Crippen LogP contribution >= 0.6 is 23.2 Å². The Morgan fingerprint density at radius 2 is 1.53 bits per heavy atom. The summed E-state index contributed by atoms with van der Waals surface area (Å²) in [5.74, 6) is 0.523. The normalized spacial score (nSPS) is 10.5. The minimum atomic E-state index is 0.523. The number of benzene rings is 2. The van der Waals surface area contributed by atoms with Crippen molar-refractivity contribution in [1.29, 1.82) is 0 Å². The molecule has 100 valence electrons. The van der Waals surface area contributed by atoms with E-state index in [0.717, 1.165) is 12.1 Å². The zero-order chi connectivity index (χ0) is 13.7. The third-order valence-corrected chi connectivity index (χ3v) is 3.32. The molecule has 0 radical (unpaired) electrons. The lowest BCUT2D eigenvalue weighted by molar-refractivity contribution is 0.415. The lowest BCUT2D eigenvalue weighted by Gasteiger charge is -2.10. The predicted octanol–water partition coefficient (Wildman–Crippen LogP) is 4.29. The molecule has 0 unspecified atom stereocenters. The van der Waals surface area contributed by atoms with Gasteiger partial charge in [-0.2, -0.15) is 0 Å². The van der Waals surface area contributed by atoms with Gasteiger partial charge in [-0.1, -0.05) is 53.5 Å². The summed E-state index contributed by atoms with van der Waals surface area (Å²) in [4.78, 5) is 0. The molecule has 2 rings (SSSR count). The molecule has 0 aromatic heterocycles. The van der Waals surface area contributed by atoms with Crippen molar-refractivity contribution in [2.24, 2.45) is 0 Å². The third-order valence-electron chi connectivity index (χ3n) is 2.76. The summed E-state index contributed by atoms with van der Waals surface area (Å²) in [7, 11) is 1.56. The smallest absolute Gasteiger partial charge is 0.156 e. The van der Waals surface area contributed by atoms with Crippen molar-refractivity contribution in [3.63, 3.8) is 0 Å². The first-order valence-corrected chi connectivity index (χ1v) is 6.73. The van der Waals surface area contributed by atoms with Crippen molar-refractivity contribution < 1.29 is 4.74 Å². The van der Waals surface area contributed by atoms with E-state index in [1.54, 1.807) is 7.11 Å². The topological polar surface area (TPSA) is 21.3 Å². The van der Waals surface area contributed by atoms with Crippen LogP contribution in [0.15, 0.2) is 42.5 Å². The van der Waals surface area contributed by atoms with Gasteiger partial charge in [0.25, 0.3) is 0 Å². The fourth-order valence-electron chi connectivity index (χ4n) is 1.86. The van der Waals surface area contributed by atoms with E-state index in [1.807, 2.05) is 30.3 Å².